The molecule has 3 aromatic rings. The smallest absolute Gasteiger partial charge is 0.225 e. The molecule has 0 bridgehead atoms. The Bertz CT molecular complexity index is 946. The summed E-state index contributed by atoms with van der Waals surface area (Å²) >= 11 is 0. The van der Waals surface area contributed by atoms with E-state index in [2.05, 4.69) is 22.4 Å². The first-order valence-corrected chi connectivity index (χ1v) is 9.53. The number of carbonyl (C=O) groups is 1. The molecule has 4 nitrogen and oxygen atoms in total. The third-order valence-electron chi connectivity index (χ3n) is 4.26. The third kappa shape index (κ3) is 5.61. The van der Waals surface area contributed by atoms with E-state index in [9.17, 15) is 4.79 Å². The van der Waals surface area contributed by atoms with Crippen molar-refractivity contribution in [3.05, 3.63) is 83.7 Å². The molecule has 0 spiro atoms. The highest BCUT2D eigenvalue weighted by atomic mass is 16.1. The van der Waals surface area contributed by atoms with E-state index < -0.39 is 0 Å². The maximum atomic E-state index is 12.4. The lowest BCUT2D eigenvalue weighted by Crippen LogP contribution is -2.14. The minimum atomic E-state index is -0.0406. The van der Waals surface area contributed by atoms with Gasteiger partial charge in [0.15, 0.2) is 5.82 Å². The molecule has 3 rings (SSSR count). The molecule has 2 aromatic carbocycles. The van der Waals surface area contributed by atoms with Gasteiger partial charge < -0.3 is 5.32 Å². The molecule has 0 atom stereocenters. The van der Waals surface area contributed by atoms with Crippen molar-refractivity contribution in [1.29, 1.82) is 0 Å². The van der Waals surface area contributed by atoms with Gasteiger partial charge in [-0.05, 0) is 38.3 Å². The van der Waals surface area contributed by atoms with Gasteiger partial charge in [0.25, 0.3) is 0 Å². The Balaban J connectivity index is 1.69. The second-order valence-electron chi connectivity index (χ2n) is 6.96. The van der Waals surface area contributed by atoms with Gasteiger partial charge in [-0.15, -0.1) is 0 Å². The fraction of sp³-hybridized carbons (Fsp3) is 0.208. The highest BCUT2D eigenvalue weighted by molar-refractivity contribution is 5.91. The first-order chi connectivity index (χ1) is 13.6. The van der Waals surface area contributed by atoms with E-state index >= 15 is 0 Å². The van der Waals surface area contributed by atoms with Gasteiger partial charge in [-0.2, -0.15) is 0 Å². The average molecular weight is 371 g/mol. The molecule has 1 amide bonds. The summed E-state index contributed by atoms with van der Waals surface area (Å²) in [6.07, 6.45) is 5.78. The number of benzene rings is 2. The van der Waals surface area contributed by atoms with Crippen molar-refractivity contribution in [2.45, 2.75) is 33.1 Å². The Morgan fingerprint density at radius 1 is 1.00 bits per heavy atom. The molecule has 0 aliphatic rings. The van der Waals surface area contributed by atoms with Crippen molar-refractivity contribution in [3.8, 4) is 11.3 Å². The van der Waals surface area contributed by atoms with E-state index in [4.69, 9.17) is 4.98 Å². The van der Waals surface area contributed by atoms with Crippen LogP contribution in [-0.4, -0.2) is 15.9 Å². The summed E-state index contributed by atoms with van der Waals surface area (Å²) in [4.78, 5) is 21.6. The summed E-state index contributed by atoms with van der Waals surface area (Å²) in [7, 11) is 0. The molecule has 28 heavy (non-hydrogen) atoms. The van der Waals surface area contributed by atoms with E-state index in [0.29, 0.717) is 17.9 Å². The predicted molar refractivity (Wildman–Crippen MR) is 115 cm³/mol. The van der Waals surface area contributed by atoms with Crippen LogP contribution in [-0.2, 0) is 11.2 Å². The average Bonchev–Trinajstić information content (AvgIpc) is 2.70. The number of allylic oxidation sites excluding steroid dienone is 1. The summed E-state index contributed by atoms with van der Waals surface area (Å²) < 4.78 is 0. The molecule has 0 aliphatic carbocycles. The van der Waals surface area contributed by atoms with E-state index in [0.717, 1.165) is 29.7 Å². The first-order valence-electron chi connectivity index (χ1n) is 9.53. The SMILES string of the molecule is CC(C)=Cc1nc(-c2ccccc2)cnc1NC(=O)CCCc1ccccc1. The van der Waals surface area contributed by atoms with Crippen LogP contribution in [0.5, 0.6) is 0 Å². The van der Waals surface area contributed by atoms with Crippen LogP contribution in [0.1, 0.15) is 37.9 Å². The molecule has 0 radical (unpaired) electrons. The van der Waals surface area contributed by atoms with Crippen molar-refractivity contribution >= 4 is 17.8 Å². The molecule has 0 saturated carbocycles. The van der Waals surface area contributed by atoms with Crippen LogP contribution < -0.4 is 5.32 Å². The maximum Gasteiger partial charge on any atom is 0.225 e. The minimum absolute atomic E-state index is 0.0406. The number of amides is 1. The van der Waals surface area contributed by atoms with Crippen molar-refractivity contribution < 1.29 is 4.79 Å². The quantitative estimate of drug-likeness (QED) is 0.594. The Labute approximate surface area is 166 Å². The number of hydrogen-bond acceptors (Lipinski definition) is 3. The predicted octanol–water partition coefficient (Wildman–Crippen LogP) is 5.53. The summed E-state index contributed by atoms with van der Waals surface area (Å²) in [6, 6.07) is 20.1. The Kier molecular flexibility index (Phi) is 6.68. The summed E-state index contributed by atoms with van der Waals surface area (Å²) in [5.41, 5.74) is 4.80. The molecule has 1 aromatic heterocycles. The molecule has 0 aliphatic heterocycles. The van der Waals surface area contributed by atoms with Gasteiger partial charge in [-0.25, -0.2) is 9.97 Å². The van der Waals surface area contributed by atoms with E-state index in [1.165, 1.54) is 5.56 Å². The van der Waals surface area contributed by atoms with Gasteiger partial charge in [-0.3, -0.25) is 4.79 Å². The van der Waals surface area contributed by atoms with Gasteiger partial charge in [0.1, 0.15) is 5.69 Å². The molecular formula is C24H25N3O. The van der Waals surface area contributed by atoms with E-state index in [1.54, 1.807) is 6.20 Å². The van der Waals surface area contributed by atoms with Gasteiger partial charge in [0.2, 0.25) is 5.91 Å². The number of aryl methyl sites for hydroxylation is 1. The second kappa shape index (κ2) is 9.60. The third-order valence-corrected chi connectivity index (χ3v) is 4.26. The zero-order chi connectivity index (χ0) is 19.8. The molecule has 142 valence electrons. The number of nitrogens with one attached hydrogen (secondary N) is 1. The number of carbonyl (C=O) groups excluding carboxylic acids is 1. The molecule has 0 fully saturated rings. The van der Waals surface area contributed by atoms with E-state index in [1.807, 2.05) is 68.5 Å². The van der Waals surface area contributed by atoms with Gasteiger partial charge in [-0.1, -0.05) is 66.2 Å². The Morgan fingerprint density at radius 3 is 2.36 bits per heavy atom. The van der Waals surface area contributed by atoms with Gasteiger partial charge >= 0.3 is 0 Å². The highest BCUT2D eigenvalue weighted by Gasteiger charge is 2.11. The lowest BCUT2D eigenvalue weighted by molar-refractivity contribution is -0.116. The van der Waals surface area contributed by atoms with Crippen LogP contribution in [0.2, 0.25) is 0 Å². The number of aromatic nitrogens is 2. The van der Waals surface area contributed by atoms with Crippen LogP contribution in [0.15, 0.2) is 72.4 Å². The highest BCUT2D eigenvalue weighted by Crippen LogP contribution is 2.21. The van der Waals surface area contributed by atoms with Crippen LogP contribution in [0.3, 0.4) is 0 Å². The standard InChI is InChI=1S/C24H25N3O/c1-18(2)16-21-24(25-17-22(26-21)20-13-7-4-8-14-20)27-23(28)15-9-12-19-10-5-3-6-11-19/h3-8,10-11,13-14,16-17H,9,12,15H2,1-2H3,(H,25,27,28). The normalized spacial score (nSPS) is 10.4. The lowest BCUT2D eigenvalue weighted by atomic mass is 10.1. The summed E-state index contributed by atoms with van der Waals surface area (Å²) in [5, 5.41) is 2.92. The fourth-order valence-electron chi connectivity index (χ4n) is 2.91. The van der Waals surface area contributed by atoms with Crippen molar-refractivity contribution in [2.75, 3.05) is 5.32 Å². The van der Waals surface area contributed by atoms with Crippen LogP contribution in [0.4, 0.5) is 5.82 Å². The minimum Gasteiger partial charge on any atom is -0.309 e. The van der Waals surface area contributed by atoms with E-state index in [-0.39, 0.29) is 5.91 Å². The summed E-state index contributed by atoms with van der Waals surface area (Å²) in [6.45, 7) is 4.00. The van der Waals surface area contributed by atoms with Crippen LogP contribution >= 0.6 is 0 Å². The van der Waals surface area contributed by atoms with Crippen LogP contribution in [0, 0.1) is 0 Å². The van der Waals surface area contributed by atoms with Crippen LogP contribution in [0.25, 0.3) is 17.3 Å². The lowest BCUT2D eigenvalue weighted by Gasteiger charge is -2.10. The molecule has 0 unspecified atom stereocenters. The summed E-state index contributed by atoms with van der Waals surface area (Å²) in [5.74, 6) is 0.465. The number of rotatable bonds is 7. The van der Waals surface area contributed by atoms with Gasteiger partial charge in [0, 0.05) is 12.0 Å². The maximum absolute atomic E-state index is 12.4. The monoisotopic (exact) mass is 371 g/mol. The first kappa shape index (κ1) is 19.5. The Hall–Kier alpha value is -3.27. The Morgan fingerprint density at radius 2 is 1.68 bits per heavy atom. The number of hydrogen-bond donors (Lipinski definition) is 1. The molecule has 1 heterocycles. The topological polar surface area (TPSA) is 54.9 Å². The number of anilines is 1. The molecular weight excluding hydrogens is 346 g/mol. The van der Waals surface area contributed by atoms with Crippen molar-refractivity contribution in [2.24, 2.45) is 0 Å². The molecule has 0 saturated heterocycles. The van der Waals surface area contributed by atoms with Crippen molar-refractivity contribution in [3.63, 3.8) is 0 Å². The zero-order valence-electron chi connectivity index (χ0n) is 16.4. The van der Waals surface area contributed by atoms with Crippen molar-refractivity contribution in [1.82, 2.24) is 9.97 Å². The zero-order valence-corrected chi connectivity index (χ0v) is 16.4. The number of nitrogens with zero attached hydrogens (tertiary/aromatic N) is 2. The molecule has 1 N–H and O–H groups in total. The molecule has 4 heteroatoms. The largest absolute Gasteiger partial charge is 0.309 e. The second-order valence-corrected chi connectivity index (χ2v) is 6.96. The van der Waals surface area contributed by atoms with Gasteiger partial charge in [0.05, 0.1) is 11.9 Å². The fourth-order valence-corrected chi connectivity index (χ4v) is 2.91.